The van der Waals surface area contributed by atoms with Gasteiger partial charge in [-0.3, -0.25) is 4.79 Å². The van der Waals surface area contributed by atoms with Gasteiger partial charge in [0.2, 0.25) is 0 Å². The highest BCUT2D eigenvalue weighted by Crippen LogP contribution is 2.38. The minimum Gasteiger partial charge on any atom is -0.294 e. The van der Waals surface area contributed by atoms with Crippen molar-refractivity contribution in [1.82, 2.24) is 9.78 Å². The second kappa shape index (κ2) is 4.85. The zero-order valence-electron chi connectivity index (χ0n) is 12.2. The molecule has 1 heterocycles. The number of aromatic nitrogens is 2. The van der Waals surface area contributed by atoms with Crippen LogP contribution in [0.15, 0.2) is 18.2 Å². The summed E-state index contributed by atoms with van der Waals surface area (Å²) < 4.78 is 1.79. The third-order valence-corrected chi connectivity index (χ3v) is 4.40. The summed E-state index contributed by atoms with van der Waals surface area (Å²) in [6.45, 7) is 6.07. The maximum absolute atomic E-state index is 12.4. The lowest BCUT2D eigenvalue weighted by Crippen LogP contribution is -2.28. The van der Waals surface area contributed by atoms with E-state index in [1.54, 1.807) is 16.8 Å². The molecule has 0 bridgehead atoms. The smallest absolute Gasteiger partial charge is 0.167 e. The van der Waals surface area contributed by atoms with E-state index in [1.807, 2.05) is 13.0 Å². The lowest BCUT2D eigenvalue weighted by atomic mass is 9.75. The van der Waals surface area contributed by atoms with Crippen molar-refractivity contribution in [3.05, 3.63) is 45.2 Å². The van der Waals surface area contributed by atoms with Gasteiger partial charge in [0.05, 0.1) is 27.7 Å². The Balaban J connectivity index is 2.22. The van der Waals surface area contributed by atoms with Gasteiger partial charge in [0.15, 0.2) is 5.78 Å². The van der Waals surface area contributed by atoms with Crippen LogP contribution in [-0.4, -0.2) is 15.6 Å². The summed E-state index contributed by atoms with van der Waals surface area (Å²) in [4.78, 5) is 12.4. The summed E-state index contributed by atoms with van der Waals surface area (Å²) in [5.74, 6) is 0.162. The minimum absolute atomic E-state index is 0.0623. The summed E-state index contributed by atoms with van der Waals surface area (Å²) in [6, 6.07) is 5.31. The van der Waals surface area contributed by atoms with E-state index < -0.39 is 0 Å². The molecule has 5 heteroatoms. The molecular weight excluding hydrogens is 307 g/mol. The van der Waals surface area contributed by atoms with Crippen LogP contribution >= 0.6 is 23.2 Å². The van der Waals surface area contributed by atoms with Crippen molar-refractivity contribution in [1.29, 1.82) is 0 Å². The maximum Gasteiger partial charge on any atom is 0.167 e. The first-order valence-electron chi connectivity index (χ1n) is 6.86. The molecule has 0 radical (unpaired) electrons. The first kappa shape index (κ1) is 14.6. The molecule has 0 atom stereocenters. The zero-order valence-corrected chi connectivity index (χ0v) is 13.7. The van der Waals surface area contributed by atoms with E-state index in [9.17, 15) is 4.79 Å². The van der Waals surface area contributed by atoms with Gasteiger partial charge in [-0.15, -0.1) is 0 Å². The zero-order chi connectivity index (χ0) is 15.4. The van der Waals surface area contributed by atoms with Crippen LogP contribution in [0.3, 0.4) is 0 Å². The van der Waals surface area contributed by atoms with Crippen molar-refractivity contribution in [2.45, 2.75) is 33.6 Å². The second-order valence-electron chi connectivity index (χ2n) is 6.36. The van der Waals surface area contributed by atoms with Crippen LogP contribution in [0.4, 0.5) is 0 Å². The van der Waals surface area contributed by atoms with Gasteiger partial charge in [-0.25, -0.2) is 4.68 Å². The molecule has 21 heavy (non-hydrogen) atoms. The molecule has 1 aromatic heterocycles. The van der Waals surface area contributed by atoms with E-state index in [1.165, 1.54) is 0 Å². The molecule has 2 aromatic rings. The number of Topliss-reactive ketones (excluding diaryl/α,β-unsaturated/α-hetero) is 1. The van der Waals surface area contributed by atoms with E-state index in [-0.39, 0.29) is 11.2 Å². The molecule has 0 saturated carbocycles. The summed E-state index contributed by atoms with van der Waals surface area (Å²) >= 11 is 12.2. The molecule has 0 spiro atoms. The molecule has 0 N–H and O–H groups in total. The summed E-state index contributed by atoms with van der Waals surface area (Å²) in [5.41, 5.74) is 3.15. The van der Waals surface area contributed by atoms with Gasteiger partial charge in [-0.1, -0.05) is 37.0 Å². The number of nitrogens with zero attached hydrogens (tertiary/aromatic N) is 2. The van der Waals surface area contributed by atoms with Gasteiger partial charge in [-0.05, 0) is 37.0 Å². The van der Waals surface area contributed by atoms with E-state index in [0.29, 0.717) is 16.5 Å². The number of benzene rings is 1. The molecule has 0 amide bonds. The normalized spacial score (nSPS) is 16.9. The fraction of sp³-hybridized carbons (Fsp3) is 0.375. The summed E-state index contributed by atoms with van der Waals surface area (Å²) in [7, 11) is 0. The Morgan fingerprint density at radius 1 is 1.24 bits per heavy atom. The number of fused-ring (bicyclic) bond motifs is 1. The summed E-state index contributed by atoms with van der Waals surface area (Å²) in [6.07, 6.45) is 1.36. The molecule has 3 rings (SSSR count). The molecule has 3 nitrogen and oxygen atoms in total. The molecule has 1 aliphatic carbocycles. The lowest BCUT2D eigenvalue weighted by Gasteiger charge is -2.29. The minimum atomic E-state index is -0.0623. The number of aryl methyl sites for hydroxylation is 1. The van der Waals surface area contributed by atoms with Crippen LogP contribution in [0.5, 0.6) is 0 Å². The van der Waals surface area contributed by atoms with E-state index in [2.05, 4.69) is 18.9 Å². The lowest BCUT2D eigenvalue weighted by molar-refractivity contribution is 0.0910. The number of carbonyl (C=O) groups is 1. The first-order chi connectivity index (χ1) is 9.78. The second-order valence-corrected chi connectivity index (χ2v) is 7.20. The fourth-order valence-electron chi connectivity index (χ4n) is 2.99. The van der Waals surface area contributed by atoms with E-state index >= 15 is 0 Å². The number of hydrogen-bond acceptors (Lipinski definition) is 2. The highest BCUT2D eigenvalue weighted by molar-refractivity contribution is 6.35. The van der Waals surface area contributed by atoms with Gasteiger partial charge in [-0.2, -0.15) is 5.10 Å². The predicted molar refractivity (Wildman–Crippen MR) is 84.8 cm³/mol. The van der Waals surface area contributed by atoms with Gasteiger partial charge >= 0.3 is 0 Å². The Morgan fingerprint density at radius 3 is 2.62 bits per heavy atom. The molecule has 1 aliphatic rings. The molecular formula is C16H16Cl2N2O. The topological polar surface area (TPSA) is 34.9 Å². The van der Waals surface area contributed by atoms with Crippen molar-refractivity contribution >= 4 is 29.0 Å². The molecule has 1 aromatic carbocycles. The van der Waals surface area contributed by atoms with Crippen LogP contribution in [0.2, 0.25) is 10.0 Å². The number of carbonyl (C=O) groups excluding carboxylic acids is 1. The Morgan fingerprint density at radius 2 is 1.95 bits per heavy atom. The summed E-state index contributed by atoms with van der Waals surface area (Å²) in [5, 5.41) is 5.65. The van der Waals surface area contributed by atoms with Crippen molar-refractivity contribution in [3.8, 4) is 5.69 Å². The van der Waals surface area contributed by atoms with Crippen LogP contribution in [-0.2, 0) is 6.42 Å². The molecule has 0 fully saturated rings. The number of halogens is 2. The average molecular weight is 323 g/mol. The third kappa shape index (κ3) is 2.49. The third-order valence-electron chi connectivity index (χ3n) is 3.86. The van der Waals surface area contributed by atoms with Gasteiger partial charge in [0.25, 0.3) is 0 Å². The van der Waals surface area contributed by atoms with Gasteiger partial charge in [0, 0.05) is 11.4 Å². The van der Waals surface area contributed by atoms with Crippen LogP contribution < -0.4 is 0 Å². The average Bonchev–Trinajstić information content (AvgIpc) is 2.64. The van der Waals surface area contributed by atoms with Crippen LogP contribution in [0.1, 0.15) is 42.0 Å². The standard InChI is InChI=1S/C16H16Cl2N2O/c1-9-15-13(7-16(2,3)8-14(15)21)20(19-9)12-5-4-10(17)6-11(12)18/h4-6H,7-8H2,1-3H3. The predicted octanol–water partition coefficient (Wildman–Crippen LogP) is 4.64. The SMILES string of the molecule is Cc1nn(-c2ccc(Cl)cc2Cl)c2c1C(=O)CC(C)(C)C2. The molecule has 0 unspecified atom stereocenters. The fourth-order valence-corrected chi connectivity index (χ4v) is 3.48. The maximum atomic E-state index is 12.4. The monoisotopic (exact) mass is 322 g/mol. The van der Waals surface area contributed by atoms with Crippen molar-refractivity contribution in [3.63, 3.8) is 0 Å². The Bertz CT molecular complexity index is 747. The van der Waals surface area contributed by atoms with Crippen molar-refractivity contribution in [2.24, 2.45) is 5.41 Å². The Kier molecular flexibility index (Phi) is 3.38. The molecule has 110 valence electrons. The Labute approximate surface area is 133 Å². The van der Waals surface area contributed by atoms with Gasteiger partial charge in [0.1, 0.15) is 0 Å². The van der Waals surface area contributed by atoms with Crippen LogP contribution in [0.25, 0.3) is 5.69 Å². The quantitative estimate of drug-likeness (QED) is 0.766. The van der Waals surface area contributed by atoms with Crippen molar-refractivity contribution < 1.29 is 4.79 Å². The first-order valence-corrected chi connectivity index (χ1v) is 7.61. The number of hydrogen-bond donors (Lipinski definition) is 0. The van der Waals surface area contributed by atoms with E-state index in [4.69, 9.17) is 23.2 Å². The van der Waals surface area contributed by atoms with Crippen LogP contribution in [0, 0.1) is 12.3 Å². The number of ketones is 1. The number of rotatable bonds is 1. The van der Waals surface area contributed by atoms with Crippen molar-refractivity contribution in [2.75, 3.05) is 0 Å². The highest BCUT2D eigenvalue weighted by atomic mass is 35.5. The highest BCUT2D eigenvalue weighted by Gasteiger charge is 2.35. The Hall–Kier alpha value is -1.32. The van der Waals surface area contributed by atoms with E-state index in [0.717, 1.165) is 29.1 Å². The van der Waals surface area contributed by atoms with Gasteiger partial charge < -0.3 is 0 Å². The molecule has 0 saturated heterocycles. The molecule has 0 aliphatic heterocycles. The largest absolute Gasteiger partial charge is 0.294 e.